The second-order valence-corrected chi connectivity index (χ2v) is 14.5. The summed E-state index contributed by atoms with van der Waals surface area (Å²) < 4.78 is 139. The fourth-order valence-corrected chi connectivity index (χ4v) is 6.76. The zero-order chi connectivity index (χ0) is 45.8. The van der Waals surface area contributed by atoms with Gasteiger partial charge in [-0.15, -0.1) is 0 Å². The van der Waals surface area contributed by atoms with Crippen molar-refractivity contribution in [1.82, 2.24) is 30.7 Å². The van der Waals surface area contributed by atoms with Gasteiger partial charge in [0.25, 0.3) is 0 Å². The number of alkyl halides is 7. The van der Waals surface area contributed by atoms with Gasteiger partial charge in [-0.2, -0.15) is 30.7 Å². The van der Waals surface area contributed by atoms with Crippen LogP contribution in [0.15, 0.2) is 42.3 Å². The predicted molar refractivity (Wildman–Crippen MR) is 188 cm³/mol. The summed E-state index contributed by atoms with van der Waals surface area (Å²) in [5.74, 6) is -26.0. The van der Waals surface area contributed by atoms with E-state index in [1.807, 2.05) is 5.32 Å². The highest BCUT2D eigenvalue weighted by atomic mass is 19.4. The van der Waals surface area contributed by atoms with Gasteiger partial charge in [0.15, 0.2) is 5.83 Å². The fourth-order valence-electron chi connectivity index (χ4n) is 6.76. The second-order valence-electron chi connectivity index (χ2n) is 14.5. The van der Waals surface area contributed by atoms with Crippen molar-refractivity contribution in [3.63, 3.8) is 0 Å². The number of rotatable bonds is 9. The van der Waals surface area contributed by atoms with Crippen LogP contribution in [0.25, 0.3) is 0 Å². The zero-order valence-corrected chi connectivity index (χ0v) is 32.5. The lowest BCUT2D eigenvalue weighted by Gasteiger charge is -2.34. The van der Waals surface area contributed by atoms with E-state index < -0.39 is 132 Å². The molecule has 3 N–H and O–H groups in total. The number of fused-ring (bicyclic) bond motifs is 2. The largest absolute Gasteiger partial charge is 0.461 e. The zero-order valence-electron chi connectivity index (χ0n) is 32.5. The number of ether oxygens (including phenoxy) is 1. The maximum absolute atomic E-state index is 14.2. The summed E-state index contributed by atoms with van der Waals surface area (Å²) in [5, 5.41) is 6.72. The van der Waals surface area contributed by atoms with Gasteiger partial charge >= 0.3 is 24.0 Å². The van der Waals surface area contributed by atoms with Crippen LogP contribution in [-0.4, -0.2) is 137 Å². The minimum absolute atomic E-state index is 0.00346. The molecule has 0 spiro atoms. The Morgan fingerprint density at radius 1 is 0.885 bits per heavy atom. The molecule has 1 aromatic carbocycles. The van der Waals surface area contributed by atoms with Crippen LogP contribution in [0.2, 0.25) is 0 Å². The predicted octanol–water partition coefficient (Wildman–Crippen LogP) is 2.61. The van der Waals surface area contributed by atoms with Crippen LogP contribution in [-0.2, 0) is 44.7 Å². The molecule has 3 heterocycles. The van der Waals surface area contributed by atoms with Gasteiger partial charge in [0.2, 0.25) is 35.4 Å². The number of amides is 6. The number of benzene rings is 1. The normalized spacial score (nSPS) is 24.7. The number of carbonyl (C=O) groups is 7. The van der Waals surface area contributed by atoms with Gasteiger partial charge < -0.3 is 35.4 Å². The van der Waals surface area contributed by atoms with E-state index in [-0.39, 0.29) is 50.1 Å². The summed E-state index contributed by atoms with van der Waals surface area (Å²) in [7, 11) is 1.28. The number of allylic oxidation sites excluding steroid dienone is 3. The number of cyclic esters (lactones) is 1. The maximum atomic E-state index is 14.2. The van der Waals surface area contributed by atoms with Crippen LogP contribution in [0.4, 0.5) is 43.9 Å². The molecular formula is C37H40F10N6O8. The maximum Gasteiger partial charge on any atom is 0.460 e. The van der Waals surface area contributed by atoms with Crippen LogP contribution < -0.4 is 16.0 Å². The Bertz CT molecular complexity index is 1940. The molecule has 24 heteroatoms. The average molecular weight is 887 g/mol. The van der Waals surface area contributed by atoms with Gasteiger partial charge in [-0.3, -0.25) is 28.8 Å². The molecule has 6 atom stereocenters. The number of hydrogen-bond acceptors (Lipinski definition) is 8. The second kappa shape index (κ2) is 18.9. The molecule has 3 aliphatic rings. The molecule has 0 unspecified atom stereocenters. The molecule has 0 saturated carbocycles. The van der Waals surface area contributed by atoms with E-state index in [0.29, 0.717) is 12.5 Å². The Hall–Kier alpha value is -5.71. The fraction of sp³-hybridized carbons (Fsp3) is 0.541. The van der Waals surface area contributed by atoms with E-state index in [1.54, 1.807) is 0 Å². The molecular weight excluding hydrogens is 846 g/mol. The number of likely N-dealkylation sites (N-methyl/N-ethyl adjacent to an activating group) is 1. The minimum Gasteiger partial charge on any atom is -0.461 e. The van der Waals surface area contributed by atoms with Gasteiger partial charge in [-0.25, -0.2) is 18.0 Å². The van der Waals surface area contributed by atoms with Gasteiger partial charge in [-0.1, -0.05) is 6.08 Å². The molecule has 14 nitrogen and oxygen atoms in total. The Balaban J connectivity index is 1.67. The molecule has 3 fully saturated rings. The SMILES string of the molecule is C[C@@H]1NC(=O)[C@H](C)N(C)C(=O)[C@@H]2CCCN2C(=O)[C@@H](NC(=O)[C@H](Cc2cc(F)cc(F)c2)NC(=O)C=CC=C(F)C(F)(F)C(F)(F)C(F)(F)F)COC(=O)[C@@H]2CCCN2C1=O. The first kappa shape index (κ1) is 48.0. The van der Waals surface area contributed by atoms with E-state index in [2.05, 4.69) is 10.6 Å². The van der Waals surface area contributed by atoms with Crippen molar-refractivity contribution in [3.05, 3.63) is 59.5 Å². The smallest absolute Gasteiger partial charge is 0.460 e. The highest BCUT2D eigenvalue weighted by molar-refractivity contribution is 5.98. The molecule has 0 aliphatic carbocycles. The number of carbonyl (C=O) groups excluding carboxylic acids is 7. The van der Waals surface area contributed by atoms with Crippen molar-refractivity contribution in [2.45, 2.75) is 100 Å². The topological polar surface area (TPSA) is 175 Å². The molecule has 336 valence electrons. The van der Waals surface area contributed by atoms with Crippen molar-refractivity contribution in [1.29, 1.82) is 0 Å². The minimum atomic E-state index is -6.88. The Morgan fingerprint density at radius 2 is 1.46 bits per heavy atom. The van der Waals surface area contributed by atoms with Gasteiger partial charge in [0.1, 0.15) is 54.5 Å². The Labute approximate surface area is 340 Å². The van der Waals surface area contributed by atoms with Crippen molar-refractivity contribution in [3.8, 4) is 0 Å². The molecule has 3 aliphatic heterocycles. The van der Waals surface area contributed by atoms with Gasteiger partial charge in [0.05, 0.1) is 0 Å². The van der Waals surface area contributed by atoms with Crippen molar-refractivity contribution in [2.75, 3.05) is 26.7 Å². The molecule has 61 heavy (non-hydrogen) atoms. The van der Waals surface area contributed by atoms with Crippen molar-refractivity contribution < 1.29 is 82.2 Å². The summed E-state index contributed by atoms with van der Waals surface area (Å²) in [6.07, 6.45) is -7.41. The van der Waals surface area contributed by atoms with Crippen molar-refractivity contribution >= 4 is 41.4 Å². The van der Waals surface area contributed by atoms with Crippen molar-refractivity contribution in [2.24, 2.45) is 0 Å². The quantitative estimate of drug-likeness (QED) is 0.147. The molecule has 1 aromatic rings. The number of hydrogen-bond donors (Lipinski definition) is 3. The van der Waals surface area contributed by atoms with E-state index in [4.69, 9.17) is 4.74 Å². The van der Waals surface area contributed by atoms with Gasteiger partial charge in [0, 0.05) is 38.7 Å². The van der Waals surface area contributed by atoms with E-state index in [9.17, 15) is 77.5 Å². The number of halogens is 10. The first-order chi connectivity index (χ1) is 28.3. The van der Waals surface area contributed by atoms with E-state index in [1.165, 1.54) is 20.9 Å². The Morgan fingerprint density at radius 3 is 2.05 bits per heavy atom. The number of nitrogens with one attached hydrogen (secondary N) is 3. The number of esters is 1. The van der Waals surface area contributed by atoms with Crippen LogP contribution in [0.1, 0.15) is 45.1 Å². The van der Waals surface area contributed by atoms with Crippen LogP contribution in [0, 0.1) is 11.6 Å². The lowest BCUT2D eigenvalue weighted by Crippen LogP contribution is -2.60. The average Bonchev–Trinajstić information content (AvgIpc) is 3.87. The summed E-state index contributed by atoms with van der Waals surface area (Å²) in [5.41, 5.74) is -0.316. The van der Waals surface area contributed by atoms with Crippen LogP contribution in [0.5, 0.6) is 0 Å². The first-order valence-corrected chi connectivity index (χ1v) is 18.6. The molecule has 0 aromatic heterocycles. The Kier molecular flexibility index (Phi) is 14.9. The molecule has 6 amide bonds. The number of nitrogens with zero attached hydrogens (tertiary/aromatic N) is 3. The molecule has 0 bridgehead atoms. The van der Waals surface area contributed by atoms with E-state index in [0.717, 1.165) is 26.8 Å². The highest BCUT2D eigenvalue weighted by Gasteiger charge is 2.75. The van der Waals surface area contributed by atoms with Gasteiger partial charge in [-0.05, 0) is 63.3 Å². The monoisotopic (exact) mass is 886 g/mol. The summed E-state index contributed by atoms with van der Waals surface area (Å²) >= 11 is 0. The standard InChI is InChI=1S/C37H40F10N6O8/c1-18-31(57)53-12-6-8-26(53)34(60)61-17-24(32(58)52-11-5-7-25(52)33(59)51(3)19(2)29(55)48-18)50-30(56)23(15-20-13-21(38)16-22(39)14-20)49-28(54)10-4-9-27(40)35(41,42)36(43,44)37(45,46)47/h4,9-10,13-14,16,18-19,23-26H,5-8,11-12,15,17H2,1-3H3,(H,48,55)(H,49,54)(H,50,56)/t18-,19-,23-,24-,25-,26-/m0/s1. The summed E-state index contributed by atoms with van der Waals surface area (Å²) in [6, 6.07) is -6.75. The molecule has 4 rings (SSSR count). The first-order valence-electron chi connectivity index (χ1n) is 18.6. The third-order valence-corrected chi connectivity index (χ3v) is 10.2. The highest BCUT2D eigenvalue weighted by Crippen LogP contribution is 2.50. The van der Waals surface area contributed by atoms with Crippen LogP contribution in [0.3, 0.4) is 0 Å². The third kappa shape index (κ3) is 10.8. The molecule has 0 radical (unpaired) electrons. The lowest BCUT2D eigenvalue weighted by atomic mass is 10.0. The third-order valence-electron chi connectivity index (χ3n) is 10.2. The summed E-state index contributed by atoms with van der Waals surface area (Å²) in [6.45, 7) is 1.78. The van der Waals surface area contributed by atoms with Crippen LogP contribution >= 0.6 is 0 Å². The lowest BCUT2D eigenvalue weighted by molar-refractivity contribution is -0.347. The molecule has 3 saturated heterocycles. The summed E-state index contributed by atoms with van der Waals surface area (Å²) in [4.78, 5) is 97.7. The van der Waals surface area contributed by atoms with E-state index >= 15 is 0 Å².